The largest absolute Gasteiger partial charge is 0.395 e. The summed E-state index contributed by atoms with van der Waals surface area (Å²) in [5.41, 5.74) is 2.54. The van der Waals surface area contributed by atoms with E-state index in [-0.39, 0.29) is 18.8 Å². The van der Waals surface area contributed by atoms with Gasteiger partial charge in [0.15, 0.2) is 11.0 Å². The number of nitrogens with zero attached hydrogens (tertiary/aromatic N) is 4. The van der Waals surface area contributed by atoms with Gasteiger partial charge in [-0.3, -0.25) is 14.5 Å². The molecule has 10 heteroatoms. The van der Waals surface area contributed by atoms with Gasteiger partial charge < -0.3 is 20.1 Å². The molecule has 4 rings (SSSR count). The van der Waals surface area contributed by atoms with E-state index in [1.807, 2.05) is 6.07 Å². The zero-order valence-electron chi connectivity index (χ0n) is 13.8. The Morgan fingerprint density at radius 3 is 2.69 bits per heavy atom. The number of hydrogen-bond donors (Lipinski definition) is 2. The Bertz CT molecular complexity index is 886. The number of ether oxygens (including phenoxy) is 1. The molecule has 0 radical (unpaired) electrons. The van der Waals surface area contributed by atoms with Crippen LogP contribution in [0.15, 0.2) is 28.5 Å². The van der Waals surface area contributed by atoms with Gasteiger partial charge in [-0.1, -0.05) is 0 Å². The van der Waals surface area contributed by atoms with Crippen molar-refractivity contribution in [2.45, 2.75) is 0 Å². The summed E-state index contributed by atoms with van der Waals surface area (Å²) in [6.07, 6.45) is 1.20. The van der Waals surface area contributed by atoms with Crippen molar-refractivity contribution in [3.8, 4) is 0 Å². The smallest absolute Gasteiger partial charge is 0.277 e. The molecule has 3 heterocycles. The predicted octanol–water partition coefficient (Wildman–Crippen LogP) is -0.284. The Labute approximate surface area is 147 Å². The number of carbonyl (C=O) groups is 2. The van der Waals surface area contributed by atoms with Crippen LogP contribution in [0.5, 0.6) is 0 Å². The van der Waals surface area contributed by atoms with Crippen molar-refractivity contribution in [1.82, 2.24) is 15.2 Å². The summed E-state index contributed by atoms with van der Waals surface area (Å²) in [5, 5.41) is 19.8. The zero-order valence-corrected chi connectivity index (χ0v) is 13.8. The number of rotatable bonds is 5. The van der Waals surface area contributed by atoms with Gasteiger partial charge in [-0.15, -0.1) is 0 Å². The van der Waals surface area contributed by atoms with Gasteiger partial charge in [-0.25, -0.2) is 4.63 Å². The molecule has 1 fully saturated rings. The molecule has 0 atom stereocenters. The Morgan fingerprint density at radius 2 is 1.92 bits per heavy atom. The zero-order chi connectivity index (χ0) is 18.1. The summed E-state index contributed by atoms with van der Waals surface area (Å²) < 4.78 is 10.3. The van der Waals surface area contributed by atoms with E-state index >= 15 is 0 Å². The van der Waals surface area contributed by atoms with Gasteiger partial charge in [0.25, 0.3) is 11.8 Å². The Hall–Kier alpha value is -2.98. The predicted molar refractivity (Wildman–Crippen MR) is 90.3 cm³/mol. The third-order valence-corrected chi connectivity index (χ3v) is 4.35. The molecule has 0 unspecified atom stereocenters. The van der Waals surface area contributed by atoms with Crippen molar-refractivity contribution in [3.63, 3.8) is 0 Å². The van der Waals surface area contributed by atoms with E-state index < -0.39 is 11.8 Å². The molecule has 1 aromatic carbocycles. The maximum Gasteiger partial charge on any atom is 0.277 e. The molecule has 1 saturated heterocycles. The molecular formula is C16H17N5O5. The van der Waals surface area contributed by atoms with Gasteiger partial charge >= 0.3 is 0 Å². The fourth-order valence-corrected chi connectivity index (χ4v) is 3.07. The van der Waals surface area contributed by atoms with Gasteiger partial charge in [0.1, 0.15) is 5.70 Å². The van der Waals surface area contributed by atoms with Crippen LogP contribution in [-0.2, 0) is 14.3 Å². The maximum absolute atomic E-state index is 12.3. The Morgan fingerprint density at radius 1 is 1.15 bits per heavy atom. The average molecular weight is 359 g/mol. The topological polar surface area (TPSA) is 121 Å². The lowest BCUT2D eigenvalue weighted by molar-refractivity contribution is -0.137. The van der Waals surface area contributed by atoms with Gasteiger partial charge in [0.05, 0.1) is 37.7 Å². The highest BCUT2D eigenvalue weighted by molar-refractivity contribution is 6.18. The molecule has 0 aliphatic carbocycles. The van der Waals surface area contributed by atoms with E-state index in [4.69, 9.17) is 14.5 Å². The second kappa shape index (κ2) is 6.73. The molecular weight excluding hydrogens is 342 g/mol. The summed E-state index contributed by atoms with van der Waals surface area (Å²) in [7, 11) is 0. The molecule has 0 saturated carbocycles. The van der Waals surface area contributed by atoms with E-state index in [1.165, 1.54) is 6.08 Å². The summed E-state index contributed by atoms with van der Waals surface area (Å²) in [6, 6.07) is 3.64. The molecule has 2 amide bonds. The van der Waals surface area contributed by atoms with Crippen LogP contribution in [0.2, 0.25) is 0 Å². The monoisotopic (exact) mass is 359 g/mol. The minimum atomic E-state index is -0.495. The van der Waals surface area contributed by atoms with E-state index in [2.05, 4.69) is 20.5 Å². The number of morpholine rings is 1. The summed E-state index contributed by atoms with van der Waals surface area (Å²) in [6.45, 7) is 2.42. The van der Waals surface area contributed by atoms with Crippen LogP contribution in [0.1, 0.15) is 0 Å². The quantitative estimate of drug-likeness (QED) is 0.694. The number of aliphatic hydroxyl groups excluding tert-OH is 1. The summed E-state index contributed by atoms with van der Waals surface area (Å²) >= 11 is 0. The van der Waals surface area contributed by atoms with Crippen LogP contribution in [0.4, 0.5) is 11.4 Å². The maximum atomic E-state index is 12.3. The molecule has 2 aliphatic rings. The fourth-order valence-electron chi connectivity index (χ4n) is 3.07. The molecule has 2 aromatic rings. The first-order valence-electron chi connectivity index (χ1n) is 8.22. The van der Waals surface area contributed by atoms with Crippen LogP contribution < -0.4 is 10.2 Å². The van der Waals surface area contributed by atoms with Crippen LogP contribution in [0, 0.1) is 0 Å². The highest BCUT2D eigenvalue weighted by Gasteiger charge is 2.31. The van der Waals surface area contributed by atoms with E-state index in [1.54, 1.807) is 6.07 Å². The molecule has 136 valence electrons. The Kier molecular flexibility index (Phi) is 4.27. The first-order valence-corrected chi connectivity index (χ1v) is 8.22. The third-order valence-electron chi connectivity index (χ3n) is 4.35. The van der Waals surface area contributed by atoms with Gasteiger partial charge in [0.2, 0.25) is 0 Å². The van der Waals surface area contributed by atoms with Crippen molar-refractivity contribution in [3.05, 3.63) is 23.9 Å². The second-order valence-corrected chi connectivity index (χ2v) is 5.89. The fraction of sp³-hybridized carbons (Fsp3) is 0.375. The normalized spacial score (nSPS) is 18.0. The highest BCUT2D eigenvalue weighted by Crippen LogP contribution is 2.31. The van der Waals surface area contributed by atoms with E-state index in [9.17, 15) is 9.59 Å². The van der Waals surface area contributed by atoms with Crippen LogP contribution in [-0.4, -0.2) is 71.6 Å². The number of fused-ring (bicyclic) bond motifs is 1. The number of β-amino-alcohol motifs (C(OH)–C–C–N with tert-alkyl or cyclic N) is 1. The van der Waals surface area contributed by atoms with Crippen molar-refractivity contribution >= 4 is 34.2 Å². The second-order valence-electron chi connectivity index (χ2n) is 5.89. The molecule has 0 spiro atoms. The first-order chi connectivity index (χ1) is 12.7. The lowest BCUT2D eigenvalue weighted by Gasteiger charge is -2.28. The van der Waals surface area contributed by atoms with E-state index in [0.29, 0.717) is 29.9 Å². The van der Waals surface area contributed by atoms with Crippen LogP contribution in [0.3, 0.4) is 0 Å². The van der Waals surface area contributed by atoms with Gasteiger partial charge in [-0.05, 0) is 22.4 Å². The van der Waals surface area contributed by atoms with Crippen molar-refractivity contribution < 1.29 is 24.1 Å². The van der Waals surface area contributed by atoms with E-state index in [0.717, 1.165) is 23.7 Å². The Balaban J connectivity index is 1.62. The number of carbonyl (C=O) groups excluding carboxylic acids is 2. The standard InChI is InChI=1S/C16H17N5O5/c22-6-3-21-13(23)9-11(16(21)24)17-10-1-2-12(15-14(10)18-26-19-15)20-4-7-25-8-5-20/h1-2,9,17,22H,3-8H2. The summed E-state index contributed by atoms with van der Waals surface area (Å²) in [4.78, 5) is 27.2. The van der Waals surface area contributed by atoms with Crippen molar-refractivity contribution in [1.29, 1.82) is 0 Å². The molecule has 1 aromatic heterocycles. The minimum absolute atomic E-state index is 0.0454. The molecule has 2 aliphatic heterocycles. The first kappa shape index (κ1) is 16.5. The number of nitrogens with one attached hydrogen (secondary N) is 1. The van der Waals surface area contributed by atoms with Crippen LogP contribution >= 0.6 is 0 Å². The SMILES string of the molecule is O=C1C=C(Nc2ccc(N3CCOCC3)c3nonc23)C(=O)N1CCO. The number of imide groups is 1. The number of aliphatic hydroxyl groups is 1. The van der Waals surface area contributed by atoms with Gasteiger partial charge in [0, 0.05) is 19.2 Å². The molecule has 26 heavy (non-hydrogen) atoms. The van der Waals surface area contributed by atoms with Gasteiger partial charge in [-0.2, -0.15) is 0 Å². The number of hydrogen-bond acceptors (Lipinski definition) is 9. The number of benzene rings is 1. The lowest BCUT2D eigenvalue weighted by atomic mass is 10.2. The highest BCUT2D eigenvalue weighted by atomic mass is 16.6. The number of aromatic nitrogens is 2. The lowest BCUT2D eigenvalue weighted by Crippen LogP contribution is -2.36. The van der Waals surface area contributed by atoms with Crippen LogP contribution in [0.25, 0.3) is 11.0 Å². The molecule has 0 bridgehead atoms. The molecule has 10 nitrogen and oxygen atoms in total. The van der Waals surface area contributed by atoms with Crippen molar-refractivity contribution in [2.24, 2.45) is 0 Å². The number of anilines is 2. The average Bonchev–Trinajstić information content (AvgIpc) is 3.24. The third kappa shape index (κ3) is 2.78. The number of amides is 2. The van der Waals surface area contributed by atoms with Crippen molar-refractivity contribution in [2.75, 3.05) is 49.7 Å². The molecule has 2 N–H and O–H groups in total. The minimum Gasteiger partial charge on any atom is -0.395 e. The summed E-state index contributed by atoms with van der Waals surface area (Å²) in [5.74, 6) is -0.961.